The van der Waals surface area contributed by atoms with Gasteiger partial charge in [-0.1, -0.05) is 38.1 Å². The first-order valence-corrected chi connectivity index (χ1v) is 9.12. The van der Waals surface area contributed by atoms with E-state index in [2.05, 4.69) is 52.8 Å². The Morgan fingerprint density at radius 3 is 2.96 bits per heavy atom. The molecule has 0 saturated carbocycles. The maximum Gasteiger partial charge on any atom is 0.203 e. The zero-order valence-corrected chi connectivity index (χ0v) is 14.9. The summed E-state index contributed by atoms with van der Waals surface area (Å²) >= 11 is 1.45. The summed E-state index contributed by atoms with van der Waals surface area (Å²) in [5, 5.41) is 4.59. The van der Waals surface area contributed by atoms with Crippen molar-refractivity contribution in [3.63, 3.8) is 0 Å². The Hall–Kier alpha value is -1.46. The van der Waals surface area contributed by atoms with Crippen LogP contribution in [0.3, 0.4) is 0 Å². The molecule has 1 heterocycles. The summed E-state index contributed by atoms with van der Waals surface area (Å²) in [7, 11) is 1.71. The molecule has 0 bridgehead atoms. The average molecular weight is 331 g/mol. The first-order chi connectivity index (χ1) is 11.2. The predicted molar refractivity (Wildman–Crippen MR) is 94.9 cm³/mol. The Bertz CT molecular complexity index is 641. The van der Waals surface area contributed by atoms with Gasteiger partial charge < -0.3 is 10.1 Å². The molecule has 0 aliphatic heterocycles. The zero-order valence-electron chi connectivity index (χ0n) is 14.1. The summed E-state index contributed by atoms with van der Waals surface area (Å²) in [5.41, 5.74) is 2.89. The van der Waals surface area contributed by atoms with Gasteiger partial charge in [-0.05, 0) is 35.8 Å². The van der Waals surface area contributed by atoms with Crippen molar-refractivity contribution >= 4 is 16.7 Å². The number of methoxy groups -OCH3 is 1. The van der Waals surface area contributed by atoms with Crippen LogP contribution in [0.25, 0.3) is 0 Å². The van der Waals surface area contributed by atoms with Gasteiger partial charge in [-0.2, -0.15) is 4.37 Å². The predicted octanol–water partition coefficient (Wildman–Crippen LogP) is 4.10. The first kappa shape index (κ1) is 16.4. The summed E-state index contributed by atoms with van der Waals surface area (Å²) in [5.74, 6) is 2.13. The van der Waals surface area contributed by atoms with Crippen LogP contribution in [-0.4, -0.2) is 23.1 Å². The fourth-order valence-corrected chi connectivity index (χ4v) is 4.08. The maximum atomic E-state index is 5.10. The highest BCUT2D eigenvalue weighted by molar-refractivity contribution is 7.09. The monoisotopic (exact) mass is 331 g/mol. The summed E-state index contributed by atoms with van der Waals surface area (Å²) in [6.07, 6.45) is 3.16. The average Bonchev–Trinajstić information content (AvgIpc) is 3.00. The molecule has 0 spiro atoms. The van der Waals surface area contributed by atoms with Crippen LogP contribution in [-0.2, 0) is 17.6 Å². The van der Waals surface area contributed by atoms with Crippen molar-refractivity contribution in [3.05, 3.63) is 41.2 Å². The van der Waals surface area contributed by atoms with E-state index in [0.717, 1.165) is 17.4 Å². The molecular formula is C18H25N3OS. The van der Waals surface area contributed by atoms with Crippen molar-refractivity contribution in [3.8, 4) is 0 Å². The van der Waals surface area contributed by atoms with Crippen molar-refractivity contribution in [1.29, 1.82) is 0 Å². The first-order valence-electron chi connectivity index (χ1n) is 8.35. The van der Waals surface area contributed by atoms with Crippen LogP contribution in [0, 0.1) is 11.8 Å². The van der Waals surface area contributed by atoms with Crippen LogP contribution in [0.5, 0.6) is 0 Å². The maximum absolute atomic E-state index is 5.10. The van der Waals surface area contributed by atoms with Gasteiger partial charge in [-0.15, -0.1) is 0 Å². The summed E-state index contributed by atoms with van der Waals surface area (Å²) in [6, 6.07) is 9.11. The Morgan fingerprint density at radius 2 is 2.17 bits per heavy atom. The molecule has 2 unspecified atom stereocenters. The molecule has 3 rings (SSSR count). The van der Waals surface area contributed by atoms with Gasteiger partial charge in [0.15, 0.2) is 0 Å². The molecule has 5 heteroatoms. The van der Waals surface area contributed by atoms with Crippen LogP contribution in [0.15, 0.2) is 24.3 Å². The number of rotatable bonds is 6. The lowest BCUT2D eigenvalue weighted by Crippen LogP contribution is -2.30. The molecule has 124 valence electrons. The Kier molecular flexibility index (Phi) is 5.28. The fraction of sp³-hybridized carbons (Fsp3) is 0.556. The van der Waals surface area contributed by atoms with E-state index in [0.29, 0.717) is 24.5 Å². The molecule has 23 heavy (non-hydrogen) atoms. The van der Waals surface area contributed by atoms with E-state index >= 15 is 0 Å². The molecule has 0 saturated heterocycles. The van der Waals surface area contributed by atoms with Crippen LogP contribution in [0.2, 0.25) is 0 Å². The van der Waals surface area contributed by atoms with E-state index in [1.165, 1.54) is 35.5 Å². The molecule has 0 fully saturated rings. The number of nitrogens with zero attached hydrogens (tertiary/aromatic N) is 2. The minimum absolute atomic E-state index is 0.322. The minimum atomic E-state index is 0.322. The van der Waals surface area contributed by atoms with Crippen LogP contribution in [0.1, 0.15) is 43.3 Å². The molecule has 1 aliphatic rings. The van der Waals surface area contributed by atoms with Gasteiger partial charge in [0.1, 0.15) is 5.82 Å². The number of ether oxygens (including phenoxy) is 1. The smallest absolute Gasteiger partial charge is 0.203 e. The second-order valence-corrected chi connectivity index (χ2v) is 7.28. The van der Waals surface area contributed by atoms with E-state index in [1.807, 2.05) is 0 Å². The van der Waals surface area contributed by atoms with Gasteiger partial charge in [-0.25, -0.2) is 4.98 Å². The molecule has 1 aromatic heterocycles. The van der Waals surface area contributed by atoms with Crippen LogP contribution >= 0.6 is 11.5 Å². The number of nitrogens with one attached hydrogen (secondary N) is 1. The third kappa shape index (κ3) is 3.72. The molecule has 2 aromatic rings. The standard InChI is InChI=1S/C18H25N3OS/c1-12(2)14-9-8-13-6-4-5-7-15(13)17(14)20-18-19-16(21-23-18)10-11-22-3/h4-7,12,14,17H,8-11H2,1-3H3,(H,19,20,21). The molecule has 1 N–H and O–H groups in total. The summed E-state index contributed by atoms with van der Waals surface area (Å²) in [4.78, 5) is 4.62. The van der Waals surface area contributed by atoms with Crippen LogP contribution in [0.4, 0.5) is 5.13 Å². The molecular weight excluding hydrogens is 306 g/mol. The molecule has 2 atom stereocenters. The van der Waals surface area contributed by atoms with E-state index in [1.54, 1.807) is 7.11 Å². The molecule has 1 aromatic carbocycles. The highest BCUT2D eigenvalue weighted by Crippen LogP contribution is 2.40. The van der Waals surface area contributed by atoms with E-state index in [9.17, 15) is 0 Å². The highest BCUT2D eigenvalue weighted by atomic mass is 32.1. The largest absolute Gasteiger partial charge is 0.384 e. The number of hydrogen-bond donors (Lipinski definition) is 1. The number of aryl methyl sites for hydroxylation is 1. The number of anilines is 1. The highest BCUT2D eigenvalue weighted by Gasteiger charge is 2.31. The van der Waals surface area contributed by atoms with Gasteiger partial charge in [0.2, 0.25) is 5.13 Å². The second-order valence-electron chi connectivity index (χ2n) is 6.53. The minimum Gasteiger partial charge on any atom is -0.384 e. The zero-order chi connectivity index (χ0) is 16.2. The normalized spacial score (nSPS) is 20.5. The van der Waals surface area contributed by atoms with Crippen molar-refractivity contribution in [1.82, 2.24) is 9.36 Å². The fourth-order valence-electron chi connectivity index (χ4n) is 3.43. The SMILES string of the molecule is COCCc1nsc(NC2c3ccccc3CCC2C(C)C)n1. The molecule has 4 nitrogen and oxygen atoms in total. The number of fused-ring (bicyclic) bond motifs is 1. The lowest BCUT2D eigenvalue weighted by atomic mass is 9.74. The quantitative estimate of drug-likeness (QED) is 0.866. The van der Waals surface area contributed by atoms with Crippen LogP contribution < -0.4 is 5.32 Å². The lowest BCUT2D eigenvalue weighted by molar-refractivity contribution is 0.201. The second kappa shape index (κ2) is 7.41. The van der Waals surface area contributed by atoms with E-state index < -0.39 is 0 Å². The number of aromatic nitrogens is 2. The Balaban J connectivity index is 1.81. The van der Waals surface area contributed by atoms with Crippen molar-refractivity contribution in [2.45, 2.75) is 39.2 Å². The Morgan fingerprint density at radius 1 is 1.35 bits per heavy atom. The van der Waals surface area contributed by atoms with Crippen molar-refractivity contribution in [2.24, 2.45) is 11.8 Å². The van der Waals surface area contributed by atoms with Gasteiger partial charge in [0.05, 0.1) is 12.6 Å². The summed E-state index contributed by atoms with van der Waals surface area (Å²) < 4.78 is 9.54. The van der Waals surface area contributed by atoms with Crippen molar-refractivity contribution < 1.29 is 4.74 Å². The van der Waals surface area contributed by atoms with Gasteiger partial charge in [0.25, 0.3) is 0 Å². The van der Waals surface area contributed by atoms with Crippen molar-refractivity contribution in [2.75, 3.05) is 19.0 Å². The topological polar surface area (TPSA) is 47.0 Å². The van der Waals surface area contributed by atoms with Gasteiger partial charge >= 0.3 is 0 Å². The third-order valence-corrected chi connectivity index (χ3v) is 5.38. The third-order valence-electron chi connectivity index (χ3n) is 4.70. The van der Waals surface area contributed by atoms with Gasteiger partial charge in [0, 0.05) is 25.1 Å². The van der Waals surface area contributed by atoms with E-state index in [-0.39, 0.29) is 0 Å². The summed E-state index contributed by atoms with van der Waals surface area (Å²) in [6.45, 7) is 5.30. The number of benzene rings is 1. The molecule has 0 radical (unpaired) electrons. The Labute approximate surface area is 142 Å². The lowest BCUT2D eigenvalue weighted by Gasteiger charge is -2.36. The number of hydrogen-bond acceptors (Lipinski definition) is 5. The van der Waals surface area contributed by atoms with E-state index in [4.69, 9.17) is 4.74 Å². The van der Waals surface area contributed by atoms with Gasteiger partial charge in [-0.3, -0.25) is 0 Å². The molecule has 0 amide bonds. The molecule has 1 aliphatic carbocycles.